The highest BCUT2D eigenvalue weighted by atomic mass is 79.9. The van der Waals surface area contributed by atoms with Crippen LogP contribution in [0.5, 0.6) is 0 Å². The van der Waals surface area contributed by atoms with E-state index in [0.29, 0.717) is 13.1 Å². The number of halogens is 1. The third-order valence-corrected chi connectivity index (χ3v) is 6.25. The fraction of sp³-hybridized carbons (Fsp3) is 0.519. The van der Waals surface area contributed by atoms with Crippen molar-refractivity contribution in [2.45, 2.75) is 66.0 Å². The minimum atomic E-state index is -0.470. The van der Waals surface area contributed by atoms with Crippen molar-refractivity contribution in [1.29, 1.82) is 0 Å². The summed E-state index contributed by atoms with van der Waals surface area (Å²) >= 11 is 3.59. The van der Waals surface area contributed by atoms with Crippen molar-refractivity contribution in [2.24, 2.45) is 0 Å². The molecule has 7 nitrogen and oxygen atoms in total. The highest BCUT2D eigenvalue weighted by molar-refractivity contribution is 9.10. The van der Waals surface area contributed by atoms with Crippen molar-refractivity contribution in [3.63, 3.8) is 0 Å². The molecule has 2 aromatic rings. The topological polar surface area (TPSA) is 83.0 Å². The minimum absolute atomic E-state index is 0.118. The molecule has 1 aromatic heterocycles. The highest BCUT2D eigenvalue weighted by Gasteiger charge is 2.34. The van der Waals surface area contributed by atoms with E-state index in [9.17, 15) is 4.79 Å². The van der Waals surface area contributed by atoms with E-state index >= 15 is 0 Å². The summed E-state index contributed by atoms with van der Waals surface area (Å²) in [6.45, 7) is 14.6. The number of nitrogens with zero attached hydrogens (tertiary/aromatic N) is 3. The van der Waals surface area contributed by atoms with Crippen LogP contribution >= 0.6 is 15.9 Å². The van der Waals surface area contributed by atoms with Crippen LogP contribution in [0.1, 0.15) is 68.6 Å². The molecule has 1 aliphatic carbocycles. The standard InChI is InChI=1S/C24H30BrN3O2.C2H6.CH2O2/c1-16-5-8-20-17(13-16)6-7-18-14-19(25)15-26-21(18)22(20)27-9-11-28(12-10-27)23(29)30-24(2,3)4;1-2;2-1-3/h5,8,13-15,22H,6-7,9-12H2,1-4H3;1-2H3;1H,(H,2,3). The van der Waals surface area contributed by atoms with Gasteiger partial charge < -0.3 is 14.7 Å². The van der Waals surface area contributed by atoms with Crippen molar-refractivity contribution < 1.29 is 19.4 Å². The number of piperazine rings is 1. The minimum Gasteiger partial charge on any atom is -0.483 e. The molecule has 1 aromatic carbocycles. The van der Waals surface area contributed by atoms with Crippen LogP contribution in [0.2, 0.25) is 0 Å². The molecule has 0 saturated carbocycles. The molecule has 1 amide bonds. The van der Waals surface area contributed by atoms with Crippen molar-refractivity contribution in [2.75, 3.05) is 26.2 Å². The third kappa shape index (κ3) is 7.77. The smallest absolute Gasteiger partial charge is 0.410 e. The number of benzene rings is 1. The Kier molecular flexibility index (Phi) is 10.7. The molecule has 2 aliphatic rings. The van der Waals surface area contributed by atoms with Gasteiger partial charge in [0.05, 0.1) is 11.7 Å². The summed E-state index contributed by atoms with van der Waals surface area (Å²) in [5.41, 5.74) is 6.03. The molecular weight excluding hydrogens is 510 g/mol. The number of amides is 1. The first-order valence-corrected chi connectivity index (χ1v) is 13.0. The Balaban J connectivity index is 0.000000803. The van der Waals surface area contributed by atoms with Gasteiger partial charge in [0.2, 0.25) is 0 Å². The third-order valence-electron chi connectivity index (χ3n) is 5.81. The van der Waals surface area contributed by atoms with Gasteiger partial charge in [-0.25, -0.2) is 4.79 Å². The molecule has 8 heteroatoms. The number of carbonyl (C=O) groups is 2. The number of fused-ring (bicyclic) bond motifs is 2. The zero-order chi connectivity index (χ0) is 26.2. The second-order valence-corrected chi connectivity index (χ2v) is 10.3. The van der Waals surface area contributed by atoms with Gasteiger partial charge in [0.25, 0.3) is 6.47 Å². The van der Waals surface area contributed by atoms with Crippen LogP contribution in [0.15, 0.2) is 34.9 Å². The summed E-state index contributed by atoms with van der Waals surface area (Å²) < 4.78 is 6.59. The Labute approximate surface area is 217 Å². The Morgan fingerprint density at radius 1 is 1.11 bits per heavy atom. The van der Waals surface area contributed by atoms with Crippen molar-refractivity contribution in [3.8, 4) is 0 Å². The molecule has 1 aliphatic heterocycles. The van der Waals surface area contributed by atoms with E-state index in [1.54, 1.807) is 0 Å². The van der Waals surface area contributed by atoms with Gasteiger partial charge in [-0.1, -0.05) is 37.6 Å². The first-order valence-electron chi connectivity index (χ1n) is 12.2. The Morgan fingerprint density at radius 2 is 1.71 bits per heavy atom. The summed E-state index contributed by atoms with van der Waals surface area (Å²) in [4.78, 5) is 30.0. The number of pyridine rings is 1. The number of aryl methyl sites for hydroxylation is 3. The molecule has 0 radical (unpaired) electrons. The van der Waals surface area contributed by atoms with E-state index in [2.05, 4.69) is 52.0 Å². The SMILES string of the molecule is CC.Cc1ccc2c(c1)CCc1cc(Br)cnc1C2N1CCN(C(=O)OC(C)(C)C)CC1.O=CO. The molecule has 1 fully saturated rings. The average Bonchev–Trinajstić information content (AvgIpc) is 2.96. The fourth-order valence-electron chi connectivity index (χ4n) is 4.43. The monoisotopic (exact) mass is 547 g/mol. The van der Waals surface area contributed by atoms with Crippen LogP contribution in [0, 0.1) is 6.92 Å². The Bertz CT molecular complexity index is 945. The molecule has 4 rings (SSSR count). The highest BCUT2D eigenvalue weighted by Crippen LogP contribution is 2.37. The van der Waals surface area contributed by atoms with Crippen LogP contribution in [0.25, 0.3) is 0 Å². The second-order valence-electron chi connectivity index (χ2n) is 9.41. The maximum atomic E-state index is 12.5. The van der Waals surface area contributed by atoms with Gasteiger partial charge >= 0.3 is 6.09 Å². The molecule has 1 saturated heterocycles. The first kappa shape index (κ1) is 28.8. The van der Waals surface area contributed by atoms with Gasteiger partial charge in [0.1, 0.15) is 5.60 Å². The fourth-order valence-corrected chi connectivity index (χ4v) is 4.81. The number of aromatic nitrogens is 1. The quantitative estimate of drug-likeness (QED) is 0.466. The number of hydrogen-bond donors (Lipinski definition) is 1. The van der Waals surface area contributed by atoms with Crippen LogP contribution in [0.4, 0.5) is 4.79 Å². The molecule has 0 bridgehead atoms. The average molecular weight is 549 g/mol. The maximum absolute atomic E-state index is 12.5. The van der Waals surface area contributed by atoms with E-state index in [-0.39, 0.29) is 18.6 Å². The summed E-state index contributed by atoms with van der Waals surface area (Å²) in [6.07, 6.45) is 3.70. The van der Waals surface area contributed by atoms with Crippen molar-refractivity contribution in [3.05, 3.63) is 62.9 Å². The summed E-state index contributed by atoms with van der Waals surface area (Å²) in [5.74, 6) is 0. The number of ether oxygens (including phenoxy) is 1. The van der Waals surface area contributed by atoms with Gasteiger partial charge in [0.15, 0.2) is 0 Å². The lowest BCUT2D eigenvalue weighted by molar-refractivity contribution is -0.122. The Morgan fingerprint density at radius 3 is 2.31 bits per heavy atom. The zero-order valence-corrected chi connectivity index (χ0v) is 23.3. The van der Waals surface area contributed by atoms with Crippen LogP contribution in [-0.4, -0.2) is 64.2 Å². The van der Waals surface area contributed by atoms with E-state index in [4.69, 9.17) is 19.6 Å². The van der Waals surface area contributed by atoms with Gasteiger partial charge in [-0.2, -0.15) is 0 Å². The zero-order valence-electron chi connectivity index (χ0n) is 21.7. The van der Waals surface area contributed by atoms with E-state index in [1.165, 1.54) is 22.3 Å². The lowest BCUT2D eigenvalue weighted by Crippen LogP contribution is -2.51. The molecular formula is C27H38BrN3O4. The normalized spacial score (nSPS) is 17.3. The molecule has 2 heterocycles. The molecule has 1 N–H and O–H groups in total. The van der Waals surface area contributed by atoms with Crippen LogP contribution < -0.4 is 0 Å². The largest absolute Gasteiger partial charge is 0.483 e. The van der Waals surface area contributed by atoms with Gasteiger partial charge in [-0.05, 0) is 79.2 Å². The second kappa shape index (κ2) is 13.0. The predicted octanol–water partition coefficient (Wildman–Crippen LogP) is 5.62. The van der Waals surface area contributed by atoms with E-state index in [0.717, 1.165) is 36.1 Å². The predicted molar refractivity (Wildman–Crippen MR) is 142 cm³/mol. The lowest BCUT2D eigenvalue weighted by atomic mass is 9.94. The Hall–Kier alpha value is -2.45. The van der Waals surface area contributed by atoms with Gasteiger partial charge in [-0.15, -0.1) is 0 Å². The first-order chi connectivity index (χ1) is 16.6. The number of carbonyl (C=O) groups excluding carboxylic acids is 1. The van der Waals surface area contributed by atoms with Crippen molar-refractivity contribution >= 4 is 28.5 Å². The number of carboxylic acid groups (broad SMARTS) is 1. The van der Waals surface area contributed by atoms with Gasteiger partial charge in [0, 0.05) is 36.8 Å². The molecule has 192 valence electrons. The summed E-state index contributed by atoms with van der Waals surface area (Å²) in [6, 6.07) is 9.12. The van der Waals surface area contributed by atoms with E-state index < -0.39 is 5.60 Å². The van der Waals surface area contributed by atoms with E-state index in [1.807, 2.05) is 45.7 Å². The molecule has 1 atom stereocenters. The molecule has 0 spiro atoms. The summed E-state index contributed by atoms with van der Waals surface area (Å²) in [5, 5.41) is 6.89. The van der Waals surface area contributed by atoms with Gasteiger partial charge in [-0.3, -0.25) is 14.7 Å². The number of hydrogen-bond acceptors (Lipinski definition) is 5. The van der Waals surface area contributed by atoms with Crippen molar-refractivity contribution in [1.82, 2.24) is 14.8 Å². The molecule has 35 heavy (non-hydrogen) atoms. The van der Waals surface area contributed by atoms with Crippen LogP contribution in [-0.2, 0) is 22.4 Å². The maximum Gasteiger partial charge on any atom is 0.410 e. The number of rotatable bonds is 1. The molecule has 1 unspecified atom stereocenters. The van der Waals surface area contributed by atoms with Crippen LogP contribution in [0.3, 0.4) is 0 Å². The lowest BCUT2D eigenvalue weighted by Gasteiger charge is -2.40. The summed E-state index contributed by atoms with van der Waals surface area (Å²) in [7, 11) is 0.